The van der Waals surface area contributed by atoms with Crippen LogP contribution in [0, 0.1) is 5.92 Å². The standard InChI is InChI=1S/C11H18N2S/c1-3-9-4-5-11(8-9,12-2)10-13-6-7-14-10/h6-7,9,12H,3-5,8H2,1-2H3. The summed E-state index contributed by atoms with van der Waals surface area (Å²) in [4.78, 5) is 4.47. The molecule has 0 aromatic carbocycles. The van der Waals surface area contributed by atoms with E-state index in [1.54, 1.807) is 11.3 Å². The predicted molar refractivity (Wildman–Crippen MR) is 60.5 cm³/mol. The monoisotopic (exact) mass is 210 g/mol. The van der Waals surface area contributed by atoms with E-state index < -0.39 is 0 Å². The number of hydrogen-bond acceptors (Lipinski definition) is 3. The maximum atomic E-state index is 4.47. The maximum absolute atomic E-state index is 4.47. The minimum absolute atomic E-state index is 0.189. The van der Waals surface area contributed by atoms with Crippen molar-refractivity contribution in [3.63, 3.8) is 0 Å². The Bertz CT molecular complexity index is 283. The van der Waals surface area contributed by atoms with Crippen molar-refractivity contribution >= 4 is 11.3 Å². The van der Waals surface area contributed by atoms with Crippen LogP contribution in [-0.4, -0.2) is 12.0 Å². The van der Waals surface area contributed by atoms with Crippen molar-refractivity contribution in [2.75, 3.05) is 7.05 Å². The van der Waals surface area contributed by atoms with E-state index in [4.69, 9.17) is 0 Å². The van der Waals surface area contributed by atoms with Gasteiger partial charge in [-0.15, -0.1) is 11.3 Å². The maximum Gasteiger partial charge on any atom is 0.113 e. The molecule has 1 fully saturated rings. The van der Waals surface area contributed by atoms with Gasteiger partial charge in [0.1, 0.15) is 5.01 Å². The van der Waals surface area contributed by atoms with Crippen molar-refractivity contribution in [3.05, 3.63) is 16.6 Å². The molecule has 2 nitrogen and oxygen atoms in total. The molecule has 0 saturated heterocycles. The Hall–Kier alpha value is -0.410. The van der Waals surface area contributed by atoms with E-state index in [0.717, 1.165) is 5.92 Å². The number of thiazole rings is 1. The van der Waals surface area contributed by atoms with Gasteiger partial charge in [0.05, 0.1) is 5.54 Å². The Labute approximate surface area is 89.8 Å². The molecular formula is C11H18N2S. The summed E-state index contributed by atoms with van der Waals surface area (Å²) in [7, 11) is 2.07. The van der Waals surface area contributed by atoms with E-state index >= 15 is 0 Å². The molecule has 1 heterocycles. The van der Waals surface area contributed by atoms with Gasteiger partial charge in [-0.05, 0) is 32.2 Å². The Kier molecular flexibility index (Phi) is 2.88. The van der Waals surface area contributed by atoms with E-state index in [1.807, 2.05) is 6.20 Å². The third kappa shape index (κ3) is 1.59. The molecule has 0 radical (unpaired) electrons. The summed E-state index contributed by atoms with van der Waals surface area (Å²) in [6.07, 6.45) is 7.06. The van der Waals surface area contributed by atoms with Crippen molar-refractivity contribution in [1.29, 1.82) is 0 Å². The summed E-state index contributed by atoms with van der Waals surface area (Å²) in [5.41, 5.74) is 0.189. The first kappa shape index (κ1) is 10.1. The van der Waals surface area contributed by atoms with Gasteiger partial charge in [-0.2, -0.15) is 0 Å². The average molecular weight is 210 g/mol. The largest absolute Gasteiger partial charge is 0.308 e. The van der Waals surface area contributed by atoms with Gasteiger partial charge in [-0.1, -0.05) is 13.3 Å². The number of aromatic nitrogens is 1. The van der Waals surface area contributed by atoms with E-state index in [9.17, 15) is 0 Å². The highest BCUT2D eigenvalue weighted by Gasteiger charge is 2.40. The fourth-order valence-corrected chi connectivity index (χ4v) is 3.37. The first-order valence-electron chi connectivity index (χ1n) is 5.39. The fraction of sp³-hybridized carbons (Fsp3) is 0.727. The predicted octanol–water partition coefficient (Wildman–Crippen LogP) is 2.77. The van der Waals surface area contributed by atoms with E-state index in [2.05, 4.69) is 29.7 Å². The minimum Gasteiger partial charge on any atom is -0.308 e. The molecule has 1 aromatic heterocycles. The van der Waals surface area contributed by atoms with Crippen LogP contribution < -0.4 is 5.32 Å². The molecule has 1 N–H and O–H groups in total. The van der Waals surface area contributed by atoms with E-state index in [-0.39, 0.29) is 5.54 Å². The van der Waals surface area contributed by atoms with Gasteiger partial charge in [-0.3, -0.25) is 0 Å². The van der Waals surface area contributed by atoms with Gasteiger partial charge in [0.25, 0.3) is 0 Å². The van der Waals surface area contributed by atoms with Crippen LogP contribution in [0.15, 0.2) is 11.6 Å². The lowest BCUT2D eigenvalue weighted by Gasteiger charge is -2.26. The lowest BCUT2D eigenvalue weighted by molar-refractivity contribution is 0.350. The van der Waals surface area contributed by atoms with Crippen molar-refractivity contribution < 1.29 is 0 Å². The lowest BCUT2D eigenvalue weighted by Crippen LogP contribution is -2.37. The molecule has 3 heteroatoms. The number of nitrogens with one attached hydrogen (secondary N) is 1. The molecular weight excluding hydrogens is 192 g/mol. The normalized spacial score (nSPS) is 32.3. The molecule has 0 amide bonds. The smallest absolute Gasteiger partial charge is 0.113 e. The molecule has 0 aliphatic heterocycles. The Morgan fingerprint density at radius 2 is 2.57 bits per heavy atom. The quantitative estimate of drug-likeness (QED) is 0.830. The molecule has 1 aliphatic carbocycles. The molecule has 1 aliphatic rings. The van der Waals surface area contributed by atoms with Crippen LogP contribution in [0.25, 0.3) is 0 Å². The highest BCUT2D eigenvalue weighted by molar-refractivity contribution is 7.09. The van der Waals surface area contributed by atoms with Gasteiger partial charge in [0.2, 0.25) is 0 Å². The Morgan fingerprint density at radius 3 is 3.07 bits per heavy atom. The van der Waals surface area contributed by atoms with E-state index in [1.165, 1.54) is 30.7 Å². The molecule has 78 valence electrons. The van der Waals surface area contributed by atoms with Gasteiger partial charge in [0.15, 0.2) is 0 Å². The van der Waals surface area contributed by atoms with Gasteiger partial charge < -0.3 is 5.32 Å². The first-order chi connectivity index (χ1) is 6.80. The molecule has 1 aromatic rings. The summed E-state index contributed by atoms with van der Waals surface area (Å²) in [5.74, 6) is 0.881. The Balaban J connectivity index is 2.20. The van der Waals surface area contributed by atoms with Crippen LogP contribution in [-0.2, 0) is 5.54 Å². The third-order valence-electron chi connectivity index (χ3n) is 3.51. The molecule has 2 unspecified atom stereocenters. The zero-order chi connectivity index (χ0) is 10.0. The van der Waals surface area contributed by atoms with Crippen LogP contribution in [0.1, 0.15) is 37.6 Å². The zero-order valence-electron chi connectivity index (χ0n) is 8.92. The summed E-state index contributed by atoms with van der Waals surface area (Å²) < 4.78 is 0. The van der Waals surface area contributed by atoms with E-state index in [0.29, 0.717) is 0 Å². The summed E-state index contributed by atoms with van der Waals surface area (Å²) in [6, 6.07) is 0. The van der Waals surface area contributed by atoms with Crippen LogP contribution >= 0.6 is 11.3 Å². The van der Waals surface area contributed by atoms with Crippen molar-refractivity contribution in [2.45, 2.75) is 38.1 Å². The van der Waals surface area contributed by atoms with Crippen molar-refractivity contribution in [3.8, 4) is 0 Å². The SMILES string of the molecule is CCC1CCC(NC)(c2nccs2)C1. The number of rotatable bonds is 3. The number of hydrogen-bond donors (Lipinski definition) is 1. The van der Waals surface area contributed by atoms with Crippen molar-refractivity contribution in [2.24, 2.45) is 5.92 Å². The molecule has 0 bridgehead atoms. The van der Waals surface area contributed by atoms with Gasteiger partial charge >= 0.3 is 0 Å². The van der Waals surface area contributed by atoms with Crippen LogP contribution in [0.4, 0.5) is 0 Å². The van der Waals surface area contributed by atoms with Crippen molar-refractivity contribution in [1.82, 2.24) is 10.3 Å². The highest BCUT2D eigenvalue weighted by Crippen LogP contribution is 2.43. The third-order valence-corrected chi connectivity index (χ3v) is 4.49. The molecule has 2 rings (SSSR count). The molecule has 0 spiro atoms. The fourth-order valence-electron chi connectivity index (χ4n) is 2.48. The second-order valence-corrected chi connectivity index (χ2v) is 5.08. The Morgan fingerprint density at radius 1 is 1.71 bits per heavy atom. The molecule has 1 saturated carbocycles. The van der Waals surface area contributed by atoms with Gasteiger partial charge in [-0.25, -0.2) is 4.98 Å². The molecule has 2 atom stereocenters. The highest BCUT2D eigenvalue weighted by atomic mass is 32.1. The zero-order valence-corrected chi connectivity index (χ0v) is 9.73. The molecule has 14 heavy (non-hydrogen) atoms. The van der Waals surface area contributed by atoms with Gasteiger partial charge in [0, 0.05) is 11.6 Å². The second kappa shape index (κ2) is 3.99. The van der Waals surface area contributed by atoms with Crippen LogP contribution in [0.3, 0.4) is 0 Å². The summed E-state index contributed by atoms with van der Waals surface area (Å²) in [5, 5.41) is 6.84. The first-order valence-corrected chi connectivity index (χ1v) is 6.27. The van der Waals surface area contributed by atoms with Crippen LogP contribution in [0.2, 0.25) is 0 Å². The average Bonchev–Trinajstić information content (AvgIpc) is 2.87. The van der Waals surface area contributed by atoms with Crippen LogP contribution in [0.5, 0.6) is 0 Å². The lowest BCUT2D eigenvalue weighted by atomic mass is 9.96. The minimum atomic E-state index is 0.189. The summed E-state index contributed by atoms with van der Waals surface area (Å²) >= 11 is 1.78. The topological polar surface area (TPSA) is 24.9 Å². The summed E-state index contributed by atoms with van der Waals surface area (Å²) in [6.45, 7) is 2.29. The number of nitrogens with zero attached hydrogens (tertiary/aromatic N) is 1. The second-order valence-electron chi connectivity index (χ2n) is 4.19.